The van der Waals surface area contributed by atoms with Crippen molar-refractivity contribution < 1.29 is 9.90 Å². The number of phenolic OH excluding ortho intramolecular Hbond substituents is 1. The van der Waals surface area contributed by atoms with E-state index < -0.39 is 0 Å². The van der Waals surface area contributed by atoms with Crippen molar-refractivity contribution in [2.24, 2.45) is 0 Å². The van der Waals surface area contributed by atoms with Gasteiger partial charge < -0.3 is 15.3 Å². The van der Waals surface area contributed by atoms with Crippen LogP contribution in [0.15, 0.2) is 42.5 Å². The summed E-state index contributed by atoms with van der Waals surface area (Å²) in [6.45, 7) is 7.64. The molecule has 1 amide bonds. The third-order valence-electron chi connectivity index (χ3n) is 4.62. The molecule has 0 unspecified atom stereocenters. The second-order valence-corrected chi connectivity index (χ2v) is 6.62. The van der Waals surface area contributed by atoms with Crippen molar-refractivity contribution in [3.05, 3.63) is 53.6 Å². The summed E-state index contributed by atoms with van der Waals surface area (Å²) in [6, 6.07) is 13.4. The average molecular weight is 339 g/mol. The number of hydrogen-bond acceptors (Lipinski definition) is 4. The van der Waals surface area contributed by atoms with E-state index in [0.717, 1.165) is 43.1 Å². The van der Waals surface area contributed by atoms with E-state index in [-0.39, 0.29) is 5.91 Å². The highest BCUT2D eigenvalue weighted by atomic mass is 16.3. The monoisotopic (exact) mass is 339 g/mol. The van der Waals surface area contributed by atoms with E-state index in [1.807, 2.05) is 44.2 Å². The predicted octanol–water partition coefficient (Wildman–Crippen LogP) is 2.77. The Hall–Kier alpha value is -2.53. The van der Waals surface area contributed by atoms with Crippen LogP contribution >= 0.6 is 0 Å². The van der Waals surface area contributed by atoms with Crippen LogP contribution in [-0.4, -0.2) is 48.6 Å². The molecule has 0 radical (unpaired) electrons. The van der Waals surface area contributed by atoms with Crippen molar-refractivity contribution in [2.45, 2.75) is 13.8 Å². The summed E-state index contributed by atoms with van der Waals surface area (Å²) in [4.78, 5) is 16.6. The fraction of sp³-hybridized carbons (Fsp3) is 0.350. The highest BCUT2D eigenvalue weighted by Crippen LogP contribution is 2.27. The fourth-order valence-corrected chi connectivity index (χ4v) is 3.23. The summed E-state index contributed by atoms with van der Waals surface area (Å²) >= 11 is 0. The first kappa shape index (κ1) is 17.3. The number of para-hydroxylation sites is 2. The average Bonchev–Trinajstić information content (AvgIpc) is 2.59. The lowest BCUT2D eigenvalue weighted by Crippen LogP contribution is -2.48. The molecule has 3 rings (SSSR count). The number of aryl methyl sites for hydroxylation is 2. The summed E-state index contributed by atoms with van der Waals surface area (Å²) in [5, 5.41) is 13.0. The lowest BCUT2D eigenvalue weighted by atomic mass is 10.1. The maximum Gasteiger partial charge on any atom is 0.238 e. The van der Waals surface area contributed by atoms with Crippen molar-refractivity contribution in [3.8, 4) is 5.75 Å². The minimum atomic E-state index is 0.0166. The molecular formula is C20H25N3O2. The van der Waals surface area contributed by atoms with Gasteiger partial charge in [0.25, 0.3) is 0 Å². The van der Waals surface area contributed by atoms with Crippen LogP contribution < -0.4 is 10.2 Å². The third kappa shape index (κ3) is 4.31. The Morgan fingerprint density at radius 3 is 2.48 bits per heavy atom. The number of benzene rings is 2. The van der Waals surface area contributed by atoms with E-state index >= 15 is 0 Å². The lowest BCUT2D eigenvalue weighted by Gasteiger charge is -2.35. The number of carbonyl (C=O) groups is 1. The molecule has 132 valence electrons. The number of aromatic hydroxyl groups is 1. The largest absolute Gasteiger partial charge is 0.506 e. The Kier molecular flexibility index (Phi) is 5.24. The fourth-order valence-electron chi connectivity index (χ4n) is 3.23. The first-order chi connectivity index (χ1) is 12.0. The van der Waals surface area contributed by atoms with Gasteiger partial charge in [-0.2, -0.15) is 0 Å². The smallest absolute Gasteiger partial charge is 0.238 e. The molecule has 2 aromatic rings. The molecular weight excluding hydrogens is 314 g/mol. The van der Waals surface area contributed by atoms with Gasteiger partial charge in [-0.05, 0) is 37.6 Å². The Morgan fingerprint density at radius 1 is 1.08 bits per heavy atom. The summed E-state index contributed by atoms with van der Waals surface area (Å²) in [5.41, 5.74) is 4.01. The first-order valence-electron chi connectivity index (χ1n) is 8.65. The number of piperazine rings is 1. The molecule has 1 saturated heterocycles. The van der Waals surface area contributed by atoms with Crippen LogP contribution in [0.2, 0.25) is 0 Å². The molecule has 5 nitrogen and oxygen atoms in total. The van der Waals surface area contributed by atoms with Crippen molar-refractivity contribution in [1.82, 2.24) is 4.90 Å². The lowest BCUT2D eigenvalue weighted by molar-refractivity contribution is -0.117. The molecule has 1 aliphatic heterocycles. The summed E-state index contributed by atoms with van der Waals surface area (Å²) in [6.07, 6.45) is 0. The van der Waals surface area contributed by atoms with Gasteiger partial charge in [0.1, 0.15) is 5.75 Å². The Labute approximate surface area is 148 Å². The van der Waals surface area contributed by atoms with Crippen LogP contribution in [0.1, 0.15) is 11.1 Å². The summed E-state index contributed by atoms with van der Waals surface area (Å²) in [5.74, 6) is 0.325. The van der Waals surface area contributed by atoms with Crippen LogP contribution in [0.3, 0.4) is 0 Å². The SMILES string of the molecule is Cc1ccc(NC(=O)CN2CCN(c3ccccc3O)CC2)c(C)c1. The maximum atomic E-state index is 12.3. The molecule has 0 spiro atoms. The Bertz CT molecular complexity index is 752. The highest BCUT2D eigenvalue weighted by Gasteiger charge is 2.20. The summed E-state index contributed by atoms with van der Waals surface area (Å²) in [7, 11) is 0. The molecule has 1 fully saturated rings. The molecule has 25 heavy (non-hydrogen) atoms. The molecule has 0 saturated carbocycles. The zero-order valence-corrected chi connectivity index (χ0v) is 14.8. The van der Waals surface area contributed by atoms with Gasteiger partial charge in [-0.1, -0.05) is 29.8 Å². The molecule has 0 aromatic heterocycles. The van der Waals surface area contributed by atoms with Crippen molar-refractivity contribution >= 4 is 17.3 Å². The zero-order valence-electron chi connectivity index (χ0n) is 14.8. The molecule has 0 aliphatic carbocycles. The van der Waals surface area contributed by atoms with E-state index in [1.165, 1.54) is 5.56 Å². The van der Waals surface area contributed by atoms with Crippen molar-refractivity contribution in [1.29, 1.82) is 0 Å². The van der Waals surface area contributed by atoms with Gasteiger partial charge in [0.15, 0.2) is 0 Å². The number of hydrogen-bond donors (Lipinski definition) is 2. The number of nitrogens with zero attached hydrogens (tertiary/aromatic N) is 2. The minimum absolute atomic E-state index is 0.0166. The van der Waals surface area contributed by atoms with Gasteiger partial charge in [0, 0.05) is 31.9 Å². The minimum Gasteiger partial charge on any atom is -0.506 e. The number of anilines is 2. The van der Waals surface area contributed by atoms with Crippen LogP contribution in [0.5, 0.6) is 5.75 Å². The summed E-state index contributed by atoms with van der Waals surface area (Å²) < 4.78 is 0. The molecule has 0 atom stereocenters. The number of carbonyl (C=O) groups excluding carboxylic acids is 1. The predicted molar refractivity (Wildman–Crippen MR) is 101 cm³/mol. The third-order valence-corrected chi connectivity index (χ3v) is 4.62. The molecule has 5 heteroatoms. The van der Waals surface area contributed by atoms with Crippen LogP contribution in [0.25, 0.3) is 0 Å². The van der Waals surface area contributed by atoms with Crippen molar-refractivity contribution in [2.75, 3.05) is 42.9 Å². The molecule has 0 bridgehead atoms. The van der Waals surface area contributed by atoms with Crippen LogP contribution in [-0.2, 0) is 4.79 Å². The molecule has 2 aromatic carbocycles. The second kappa shape index (κ2) is 7.57. The maximum absolute atomic E-state index is 12.3. The van der Waals surface area contributed by atoms with Gasteiger partial charge in [0.05, 0.1) is 12.2 Å². The molecule has 2 N–H and O–H groups in total. The number of phenols is 1. The van der Waals surface area contributed by atoms with E-state index in [2.05, 4.69) is 21.2 Å². The van der Waals surface area contributed by atoms with Gasteiger partial charge in [-0.3, -0.25) is 9.69 Å². The number of rotatable bonds is 4. The quantitative estimate of drug-likeness (QED) is 0.899. The van der Waals surface area contributed by atoms with Gasteiger partial charge >= 0.3 is 0 Å². The highest BCUT2D eigenvalue weighted by molar-refractivity contribution is 5.93. The number of nitrogens with one attached hydrogen (secondary N) is 1. The Morgan fingerprint density at radius 2 is 1.80 bits per heavy atom. The van der Waals surface area contributed by atoms with E-state index in [0.29, 0.717) is 12.3 Å². The molecule has 1 aliphatic rings. The van der Waals surface area contributed by atoms with Gasteiger partial charge in [-0.15, -0.1) is 0 Å². The number of amides is 1. The zero-order chi connectivity index (χ0) is 17.8. The van der Waals surface area contributed by atoms with Crippen molar-refractivity contribution in [3.63, 3.8) is 0 Å². The second-order valence-electron chi connectivity index (χ2n) is 6.62. The van der Waals surface area contributed by atoms with Gasteiger partial charge in [-0.25, -0.2) is 0 Å². The topological polar surface area (TPSA) is 55.8 Å². The van der Waals surface area contributed by atoms with E-state index in [4.69, 9.17) is 0 Å². The van der Waals surface area contributed by atoms with Crippen LogP contribution in [0.4, 0.5) is 11.4 Å². The van der Waals surface area contributed by atoms with Crippen LogP contribution in [0, 0.1) is 13.8 Å². The first-order valence-corrected chi connectivity index (χ1v) is 8.65. The van der Waals surface area contributed by atoms with E-state index in [9.17, 15) is 9.90 Å². The normalized spacial score (nSPS) is 15.2. The van der Waals surface area contributed by atoms with E-state index in [1.54, 1.807) is 6.07 Å². The molecule has 1 heterocycles. The standard InChI is InChI=1S/C20H25N3O2/c1-15-7-8-17(16(2)13-15)21-20(25)14-22-9-11-23(12-10-22)18-5-3-4-6-19(18)24/h3-8,13,24H,9-12,14H2,1-2H3,(H,21,25). The van der Waals surface area contributed by atoms with Gasteiger partial charge in [0.2, 0.25) is 5.91 Å². The Balaban J connectivity index is 1.52.